The van der Waals surface area contributed by atoms with Crippen LogP contribution < -0.4 is 32.1 Å². The Bertz CT molecular complexity index is 1370. The molecule has 2 amide bonds. The lowest BCUT2D eigenvalue weighted by Crippen LogP contribution is -2.39. The minimum Gasteiger partial charge on any atom is -0.378 e. The second-order valence-electron chi connectivity index (χ2n) is 19.8. The number of hydrogen-bond acceptors (Lipinski definition) is 9. The molecule has 1 aromatic heterocycles. The molecule has 1 heterocycles. The summed E-state index contributed by atoms with van der Waals surface area (Å²) in [5.41, 5.74) is 1.10. The lowest BCUT2D eigenvalue weighted by atomic mass is 10.00. The van der Waals surface area contributed by atoms with Gasteiger partial charge in [0.15, 0.2) is 0 Å². The molecule has 2 rings (SSSR count). The molecule has 0 atom stereocenters. The largest absolute Gasteiger partial charge is 0.378 e. The van der Waals surface area contributed by atoms with Gasteiger partial charge in [-0.3, -0.25) is 24.0 Å². The van der Waals surface area contributed by atoms with Gasteiger partial charge in [0, 0.05) is 61.1 Å². The van der Waals surface area contributed by atoms with Crippen molar-refractivity contribution in [3.63, 3.8) is 0 Å². The van der Waals surface area contributed by atoms with Crippen molar-refractivity contribution in [1.29, 1.82) is 0 Å². The van der Waals surface area contributed by atoms with Gasteiger partial charge in [-0.15, -0.1) is 5.10 Å². The van der Waals surface area contributed by atoms with E-state index in [0.717, 1.165) is 30.4 Å². The average molecular weight is 850 g/mol. The molecule has 0 bridgehead atoms. The van der Waals surface area contributed by atoms with Crippen LogP contribution in [0, 0.1) is 35.5 Å². The number of carbonyl (C=O) groups is 3. The second-order valence-corrected chi connectivity index (χ2v) is 19.8. The van der Waals surface area contributed by atoms with Crippen molar-refractivity contribution in [3.8, 4) is 0 Å². The van der Waals surface area contributed by atoms with E-state index < -0.39 is 10.9 Å². The molecule has 4 N–H and O–H groups in total. The normalized spacial score (nSPS) is 11.0. The van der Waals surface area contributed by atoms with E-state index in [0.29, 0.717) is 41.0 Å². The molecule has 0 fully saturated rings. The number of anilines is 2. The van der Waals surface area contributed by atoms with E-state index in [1.165, 1.54) is 6.42 Å². The van der Waals surface area contributed by atoms with Crippen molar-refractivity contribution in [2.75, 3.05) is 10.6 Å². The Kier molecular flexibility index (Phi) is 35.8. The summed E-state index contributed by atoms with van der Waals surface area (Å²) in [5.74, 6) is 4.14. The first-order valence-corrected chi connectivity index (χ1v) is 22.7. The molecule has 2 aromatic rings. The maximum atomic E-state index is 11.2. The molecular weight excluding hydrogens is 755 g/mol. The first-order valence-electron chi connectivity index (χ1n) is 22.7. The Morgan fingerprint density at radius 3 is 1.00 bits per heavy atom. The van der Waals surface area contributed by atoms with Crippen molar-refractivity contribution in [1.82, 2.24) is 25.6 Å². The Morgan fingerprint density at radius 2 is 0.850 bits per heavy atom. The fourth-order valence-electron chi connectivity index (χ4n) is 4.89. The number of carbonyl (C=O) groups excluding carboxylic acids is 3. The predicted octanol–water partition coefficient (Wildman–Crippen LogP) is 10.6. The van der Waals surface area contributed by atoms with Crippen LogP contribution in [0.5, 0.6) is 0 Å². The number of aromatic nitrogens is 3. The van der Waals surface area contributed by atoms with Crippen molar-refractivity contribution < 1.29 is 14.4 Å². The van der Waals surface area contributed by atoms with Gasteiger partial charge in [-0.25, -0.2) is 4.68 Å². The summed E-state index contributed by atoms with van der Waals surface area (Å²) in [5, 5.41) is 19.6. The lowest BCUT2D eigenvalue weighted by molar-refractivity contribution is -0.125. The Morgan fingerprint density at radius 1 is 0.517 bits per heavy atom. The van der Waals surface area contributed by atoms with Crippen LogP contribution in [0.25, 0.3) is 0 Å². The van der Waals surface area contributed by atoms with Crippen molar-refractivity contribution in [2.24, 2.45) is 35.5 Å². The molecular formula is C48H95N7O5. The molecule has 352 valence electrons. The number of rotatable bonds is 16. The minimum atomic E-state index is -0.415. The second kappa shape index (κ2) is 34.1. The van der Waals surface area contributed by atoms with Gasteiger partial charge in [0.2, 0.25) is 11.8 Å². The highest BCUT2D eigenvalue weighted by Crippen LogP contribution is 2.16. The summed E-state index contributed by atoms with van der Waals surface area (Å²) in [6.07, 6.45) is 4.87. The molecule has 12 nitrogen and oxygen atoms in total. The maximum absolute atomic E-state index is 11.2. The molecule has 0 unspecified atom stereocenters. The predicted molar refractivity (Wildman–Crippen MR) is 258 cm³/mol. The van der Waals surface area contributed by atoms with Crippen LogP contribution in [0.2, 0.25) is 0 Å². The Balaban J connectivity index is -0.000000318. The summed E-state index contributed by atoms with van der Waals surface area (Å²) in [6.45, 7) is 48.9. The zero-order chi connectivity index (χ0) is 48.2. The van der Waals surface area contributed by atoms with Gasteiger partial charge in [-0.05, 0) is 105 Å². The highest BCUT2D eigenvalue weighted by Gasteiger charge is 2.21. The van der Waals surface area contributed by atoms with Gasteiger partial charge in [-0.1, -0.05) is 102 Å². The van der Waals surface area contributed by atoms with Gasteiger partial charge in [0.1, 0.15) is 17.2 Å². The van der Waals surface area contributed by atoms with Gasteiger partial charge in [0.25, 0.3) is 10.9 Å². The number of amides is 2. The monoisotopic (exact) mass is 850 g/mol. The van der Waals surface area contributed by atoms with E-state index in [-0.39, 0.29) is 47.8 Å². The van der Waals surface area contributed by atoms with Crippen LogP contribution >= 0.6 is 0 Å². The number of Topliss-reactive ketones (excluding diaryl/α,β-unsaturated/α-hetero) is 1. The standard InChI is InChI=1S/C10H16N2O2.C9H18O.C8H15N3.2C7H15NO.C7H16/c1-5(2)11-7-8(12-6(3)4)10(14)9(7)13;1-7(2)5-9(10)6-8(3)4;1-6(2)8-5-11(7(3)4)10-9-8;2*1-5(2)7(9)8-6(3)4;1-6(2)5-7(3)4/h5-6,11-12H,1-4H3;7-8H,5-6H2,1-4H3;5-7H,1-4H3;2*5-6H,1-4H3,(H,8,9);6-7H,5H2,1-4H3. The van der Waals surface area contributed by atoms with Crippen LogP contribution in [0.4, 0.5) is 11.4 Å². The van der Waals surface area contributed by atoms with Crippen molar-refractivity contribution in [3.05, 3.63) is 32.3 Å². The molecule has 12 heteroatoms. The fraction of sp³-hybridized carbons (Fsp3) is 0.812. The summed E-state index contributed by atoms with van der Waals surface area (Å²) in [7, 11) is 0. The molecule has 0 radical (unpaired) electrons. The summed E-state index contributed by atoms with van der Waals surface area (Å²) in [6, 6.07) is 1.26. The Labute approximate surface area is 368 Å². The van der Waals surface area contributed by atoms with Crippen LogP contribution in [0.1, 0.15) is 203 Å². The average Bonchev–Trinajstić information content (AvgIpc) is 3.57. The van der Waals surface area contributed by atoms with Gasteiger partial charge >= 0.3 is 0 Å². The number of nitrogens with zero attached hydrogens (tertiary/aromatic N) is 3. The first-order chi connectivity index (χ1) is 27.3. The van der Waals surface area contributed by atoms with Gasteiger partial charge < -0.3 is 21.3 Å². The minimum absolute atomic E-state index is 0.104. The van der Waals surface area contributed by atoms with Gasteiger partial charge in [-0.2, -0.15) is 0 Å². The topological polar surface area (TPSA) is 164 Å². The quantitative estimate of drug-likeness (QED) is 0.120. The molecule has 0 aliphatic rings. The van der Waals surface area contributed by atoms with E-state index >= 15 is 0 Å². The first kappa shape index (κ1) is 63.1. The number of ketones is 1. The van der Waals surface area contributed by atoms with E-state index in [1.807, 2.05) is 94.0 Å². The molecule has 0 aliphatic carbocycles. The molecule has 0 saturated heterocycles. The number of nitrogens with one attached hydrogen (secondary N) is 4. The summed E-state index contributed by atoms with van der Waals surface area (Å²) in [4.78, 5) is 55.1. The third-order valence-electron chi connectivity index (χ3n) is 7.55. The summed E-state index contributed by atoms with van der Waals surface area (Å²) >= 11 is 0. The van der Waals surface area contributed by atoms with Crippen LogP contribution in [0.15, 0.2) is 15.8 Å². The molecule has 0 saturated carbocycles. The molecule has 0 spiro atoms. The van der Waals surface area contributed by atoms with Crippen LogP contribution in [-0.2, 0) is 14.4 Å². The molecule has 1 aromatic carbocycles. The number of hydrogen-bond donors (Lipinski definition) is 4. The Hall–Kier alpha value is -3.57. The van der Waals surface area contributed by atoms with Gasteiger partial charge in [0.05, 0.1) is 5.69 Å². The smallest absolute Gasteiger partial charge is 0.253 e. The zero-order valence-electron chi connectivity index (χ0n) is 43.0. The van der Waals surface area contributed by atoms with Crippen molar-refractivity contribution >= 4 is 29.0 Å². The maximum Gasteiger partial charge on any atom is 0.253 e. The SMILES string of the molecule is CC(C)CC(=O)CC(C)C.CC(C)CC(C)C.CC(C)NC(=O)C(C)C.CC(C)NC(=O)C(C)C.CC(C)Nc1c(NC(C)C)c(=O)c1=O.CC(C)c1cn(C(C)C)nn1. The molecule has 0 aliphatic heterocycles. The fourth-order valence-corrected chi connectivity index (χ4v) is 4.89. The third-order valence-corrected chi connectivity index (χ3v) is 7.55. The van der Waals surface area contributed by atoms with E-state index in [2.05, 4.69) is 115 Å². The van der Waals surface area contributed by atoms with E-state index in [9.17, 15) is 24.0 Å². The molecule has 60 heavy (non-hydrogen) atoms. The van der Waals surface area contributed by atoms with E-state index in [4.69, 9.17) is 0 Å². The lowest BCUT2D eigenvalue weighted by Gasteiger charge is -2.18. The van der Waals surface area contributed by atoms with Crippen LogP contribution in [-0.4, -0.2) is 56.8 Å². The highest BCUT2D eigenvalue weighted by molar-refractivity contribution is 5.79. The zero-order valence-corrected chi connectivity index (χ0v) is 43.0. The van der Waals surface area contributed by atoms with E-state index in [1.54, 1.807) is 0 Å². The highest BCUT2D eigenvalue weighted by atomic mass is 16.2. The van der Waals surface area contributed by atoms with Crippen LogP contribution in [0.3, 0.4) is 0 Å². The van der Waals surface area contributed by atoms with Crippen molar-refractivity contribution in [2.45, 2.75) is 222 Å². The third kappa shape index (κ3) is 36.3. The summed E-state index contributed by atoms with van der Waals surface area (Å²) < 4.78 is 1.88.